The highest BCUT2D eigenvalue weighted by molar-refractivity contribution is 5.91. The van der Waals surface area contributed by atoms with Gasteiger partial charge in [0.15, 0.2) is 17.3 Å². The lowest BCUT2D eigenvalue weighted by Gasteiger charge is -2.09. The Morgan fingerprint density at radius 2 is 2.00 bits per heavy atom. The van der Waals surface area contributed by atoms with Crippen LogP contribution in [0.4, 0.5) is 4.39 Å². The molecule has 0 aliphatic carbocycles. The van der Waals surface area contributed by atoms with Crippen molar-refractivity contribution >= 4 is 12.0 Å². The van der Waals surface area contributed by atoms with Crippen LogP contribution in [0.2, 0.25) is 0 Å². The zero-order chi connectivity index (χ0) is 13.0. The summed E-state index contributed by atoms with van der Waals surface area (Å²) in [5.74, 6) is -1.44. The fourth-order valence-electron chi connectivity index (χ4n) is 1.33. The van der Waals surface area contributed by atoms with Crippen molar-refractivity contribution < 1.29 is 23.8 Å². The normalized spacial score (nSPS) is 11.2. The standard InChI is InChI=1S/C12H13FO4/c1-7(12(14)15)4-8-5-9(13)11(17-3)10(6-8)16-2/h4-6H,1-3H3,(H,14,15)/b7-4+. The zero-order valence-corrected chi connectivity index (χ0v) is 9.78. The summed E-state index contributed by atoms with van der Waals surface area (Å²) in [6, 6.07) is 2.70. The predicted molar refractivity (Wildman–Crippen MR) is 60.8 cm³/mol. The zero-order valence-electron chi connectivity index (χ0n) is 9.78. The van der Waals surface area contributed by atoms with Crippen LogP contribution in [0.5, 0.6) is 11.5 Å². The van der Waals surface area contributed by atoms with Crippen LogP contribution in [0.1, 0.15) is 12.5 Å². The largest absolute Gasteiger partial charge is 0.493 e. The number of carboxylic acids is 1. The van der Waals surface area contributed by atoms with Gasteiger partial charge < -0.3 is 14.6 Å². The van der Waals surface area contributed by atoms with Gasteiger partial charge in [0.2, 0.25) is 0 Å². The Balaban J connectivity index is 3.25. The first-order valence-corrected chi connectivity index (χ1v) is 4.82. The van der Waals surface area contributed by atoms with Crippen LogP contribution in [-0.4, -0.2) is 25.3 Å². The quantitative estimate of drug-likeness (QED) is 0.820. The van der Waals surface area contributed by atoms with E-state index < -0.39 is 11.8 Å². The Hall–Kier alpha value is -2.04. The van der Waals surface area contributed by atoms with Crippen LogP contribution >= 0.6 is 0 Å². The van der Waals surface area contributed by atoms with Crippen molar-refractivity contribution in [1.29, 1.82) is 0 Å². The molecule has 92 valence electrons. The van der Waals surface area contributed by atoms with Gasteiger partial charge in [-0.3, -0.25) is 0 Å². The monoisotopic (exact) mass is 240 g/mol. The number of carboxylic acid groups (broad SMARTS) is 1. The minimum atomic E-state index is -1.06. The molecule has 0 aromatic heterocycles. The molecule has 0 radical (unpaired) electrons. The van der Waals surface area contributed by atoms with Gasteiger partial charge >= 0.3 is 5.97 Å². The molecule has 0 spiro atoms. The Bertz CT molecular complexity index is 466. The highest BCUT2D eigenvalue weighted by Crippen LogP contribution is 2.31. The number of ether oxygens (including phenoxy) is 2. The van der Waals surface area contributed by atoms with Crippen LogP contribution in [0.15, 0.2) is 17.7 Å². The fraction of sp³-hybridized carbons (Fsp3) is 0.250. The molecule has 0 amide bonds. The molecule has 4 nitrogen and oxygen atoms in total. The van der Waals surface area contributed by atoms with E-state index in [0.29, 0.717) is 5.56 Å². The average Bonchev–Trinajstić information content (AvgIpc) is 2.27. The third kappa shape index (κ3) is 2.96. The van der Waals surface area contributed by atoms with Gasteiger partial charge in [-0.05, 0) is 30.7 Å². The minimum Gasteiger partial charge on any atom is -0.493 e. The van der Waals surface area contributed by atoms with Gasteiger partial charge in [0.25, 0.3) is 0 Å². The van der Waals surface area contributed by atoms with Crippen LogP contribution < -0.4 is 9.47 Å². The SMILES string of the molecule is COc1cc(/C=C(\C)C(=O)O)cc(F)c1OC. The molecule has 0 heterocycles. The van der Waals surface area contributed by atoms with Gasteiger partial charge in [-0.25, -0.2) is 9.18 Å². The van der Waals surface area contributed by atoms with Gasteiger partial charge in [0.1, 0.15) is 0 Å². The van der Waals surface area contributed by atoms with E-state index in [4.69, 9.17) is 14.6 Å². The van der Waals surface area contributed by atoms with E-state index in [9.17, 15) is 9.18 Å². The van der Waals surface area contributed by atoms with E-state index in [1.807, 2.05) is 0 Å². The summed E-state index contributed by atoms with van der Waals surface area (Å²) in [6.45, 7) is 1.43. The molecule has 0 bridgehead atoms. The number of aliphatic carboxylic acids is 1. The number of methoxy groups -OCH3 is 2. The summed E-state index contributed by atoms with van der Waals surface area (Å²) < 4.78 is 23.4. The molecule has 0 aliphatic heterocycles. The molecule has 0 atom stereocenters. The lowest BCUT2D eigenvalue weighted by molar-refractivity contribution is -0.132. The van der Waals surface area contributed by atoms with Gasteiger partial charge in [-0.15, -0.1) is 0 Å². The Labute approximate surface area is 98.3 Å². The molecule has 0 aliphatic rings. The van der Waals surface area contributed by atoms with Crippen molar-refractivity contribution in [3.05, 3.63) is 29.1 Å². The molecule has 17 heavy (non-hydrogen) atoms. The number of hydrogen-bond acceptors (Lipinski definition) is 3. The molecule has 1 aromatic carbocycles. The predicted octanol–water partition coefficient (Wildman–Crippen LogP) is 2.33. The Morgan fingerprint density at radius 3 is 2.47 bits per heavy atom. The summed E-state index contributed by atoms with van der Waals surface area (Å²) in [5.41, 5.74) is 0.511. The van der Waals surface area contributed by atoms with Crippen LogP contribution in [0.25, 0.3) is 6.08 Å². The molecule has 1 N–H and O–H groups in total. The second-order valence-corrected chi connectivity index (χ2v) is 3.37. The summed E-state index contributed by atoms with van der Waals surface area (Å²) >= 11 is 0. The van der Waals surface area contributed by atoms with Gasteiger partial charge in [0.05, 0.1) is 14.2 Å². The molecular formula is C12H13FO4. The number of benzene rings is 1. The first-order valence-electron chi connectivity index (χ1n) is 4.82. The lowest BCUT2D eigenvalue weighted by atomic mass is 10.1. The van der Waals surface area contributed by atoms with Crippen molar-refractivity contribution in [1.82, 2.24) is 0 Å². The third-order valence-electron chi connectivity index (χ3n) is 2.18. The maximum absolute atomic E-state index is 13.6. The second-order valence-electron chi connectivity index (χ2n) is 3.37. The van der Waals surface area contributed by atoms with Gasteiger partial charge in [0, 0.05) is 5.57 Å². The average molecular weight is 240 g/mol. The molecule has 1 aromatic rings. The van der Waals surface area contributed by atoms with Crippen molar-refractivity contribution in [2.75, 3.05) is 14.2 Å². The van der Waals surface area contributed by atoms with Gasteiger partial charge in [-0.2, -0.15) is 0 Å². The molecule has 5 heteroatoms. The first-order chi connectivity index (χ1) is 7.99. The van der Waals surface area contributed by atoms with Crippen molar-refractivity contribution in [2.24, 2.45) is 0 Å². The molecule has 0 saturated carbocycles. The van der Waals surface area contributed by atoms with E-state index in [1.165, 1.54) is 39.4 Å². The lowest BCUT2D eigenvalue weighted by Crippen LogP contribution is -1.97. The summed E-state index contributed by atoms with van der Waals surface area (Å²) in [7, 11) is 2.72. The van der Waals surface area contributed by atoms with E-state index in [0.717, 1.165) is 0 Å². The Kier molecular flexibility index (Phi) is 4.09. The second kappa shape index (κ2) is 5.34. The maximum Gasteiger partial charge on any atom is 0.331 e. The molecule has 1 rings (SSSR count). The number of halogens is 1. The van der Waals surface area contributed by atoms with E-state index >= 15 is 0 Å². The molecular weight excluding hydrogens is 227 g/mol. The first kappa shape index (κ1) is 13.0. The van der Waals surface area contributed by atoms with Crippen molar-refractivity contribution in [2.45, 2.75) is 6.92 Å². The van der Waals surface area contributed by atoms with E-state index in [2.05, 4.69) is 0 Å². The minimum absolute atomic E-state index is 0.00220. The van der Waals surface area contributed by atoms with Crippen LogP contribution in [-0.2, 0) is 4.79 Å². The molecule has 0 fully saturated rings. The highest BCUT2D eigenvalue weighted by Gasteiger charge is 2.12. The number of carbonyl (C=O) groups is 1. The van der Waals surface area contributed by atoms with Crippen molar-refractivity contribution in [3.8, 4) is 11.5 Å². The van der Waals surface area contributed by atoms with E-state index in [1.54, 1.807) is 0 Å². The molecule has 0 saturated heterocycles. The van der Waals surface area contributed by atoms with Crippen LogP contribution in [0, 0.1) is 5.82 Å². The fourth-order valence-corrected chi connectivity index (χ4v) is 1.33. The number of rotatable bonds is 4. The van der Waals surface area contributed by atoms with Crippen LogP contribution in [0.3, 0.4) is 0 Å². The topological polar surface area (TPSA) is 55.8 Å². The van der Waals surface area contributed by atoms with Gasteiger partial charge in [-0.1, -0.05) is 0 Å². The summed E-state index contributed by atoms with van der Waals surface area (Å²) in [4.78, 5) is 10.6. The van der Waals surface area contributed by atoms with E-state index in [-0.39, 0.29) is 17.1 Å². The third-order valence-corrected chi connectivity index (χ3v) is 2.18. The molecule has 0 unspecified atom stereocenters. The highest BCUT2D eigenvalue weighted by atomic mass is 19.1. The summed E-state index contributed by atoms with van der Waals surface area (Å²) in [6.07, 6.45) is 1.35. The Morgan fingerprint density at radius 1 is 1.35 bits per heavy atom. The maximum atomic E-state index is 13.6. The number of hydrogen-bond donors (Lipinski definition) is 1. The summed E-state index contributed by atoms with van der Waals surface area (Å²) in [5, 5.41) is 8.72. The van der Waals surface area contributed by atoms with Crippen molar-refractivity contribution in [3.63, 3.8) is 0 Å². The smallest absolute Gasteiger partial charge is 0.331 e.